The molecule has 0 rings (SSSR count). The van der Waals surface area contributed by atoms with Gasteiger partial charge in [-0.2, -0.15) is 12.7 Å². The Morgan fingerprint density at radius 1 is 1.33 bits per heavy atom. The van der Waals surface area contributed by atoms with Crippen molar-refractivity contribution >= 4 is 0 Å². The molecule has 0 fully saturated rings. The predicted octanol–water partition coefficient (Wildman–Crippen LogP) is 2.74. The molecule has 0 aromatic rings. The van der Waals surface area contributed by atoms with Crippen molar-refractivity contribution < 1.29 is 0 Å². The van der Waals surface area contributed by atoms with Gasteiger partial charge < -0.3 is 0 Å². The van der Waals surface area contributed by atoms with Crippen molar-refractivity contribution in [3.63, 3.8) is 0 Å². The van der Waals surface area contributed by atoms with E-state index in [0.29, 0.717) is 0 Å². The monoisotopic (exact) mass is 376 g/mol. The van der Waals surface area contributed by atoms with Crippen LogP contribution in [0.1, 0.15) is 13.8 Å². The van der Waals surface area contributed by atoms with Gasteiger partial charge in [0.1, 0.15) is 0 Å². The summed E-state index contributed by atoms with van der Waals surface area (Å²) in [4.78, 5) is 0. The molecule has 0 heterocycles. The maximum Gasteiger partial charge on any atom is 0 e. The first-order chi connectivity index (χ1) is 3.91. The zero-order valence-electron chi connectivity index (χ0n) is 6.35. The quantitative estimate of drug-likeness (QED) is 0.514. The van der Waals surface area contributed by atoms with Crippen molar-refractivity contribution in [1.82, 2.24) is 0 Å². The van der Waals surface area contributed by atoms with Crippen LogP contribution in [0.3, 0.4) is 0 Å². The first-order valence-electron chi connectivity index (χ1n) is 2.72. The van der Waals surface area contributed by atoms with E-state index < -0.39 is 0 Å². The van der Waals surface area contributed by atoms with Crippen LogP contribution in [0.5, 0.6) is 0 Å². The van der Waals surface area contributed by atoms with E-state index in [4.69, 9.17) is 0 Å². The topological polar surface area (TPSA) is 0 Å². The number of rotatable bonds is 2. The molecule has 0 saturated carbocycles. The van der Waals surface area contributed by atoms with E-state index in [1.165, 1.54) is 0 Å². The smallest absolute Gasteiger partial charge is 0 e. The number of hydrogen-bond acceptors (Lipinski definition) is 0. The van der Waals surface area contributed by atoms with Crippen LogP contribution in [-0.2, 0) is 0 Å². The second-order valence-corrected chi connectivity index (χ2v) is 0.799. The number of hydrogen-bond donors (Lipinski definition) is 0. The van der Waals surface area contributed by atoms with Crippen LogP contribution < -0.4 is 0 Å². The Morgan fingerprint density at radius 3 is 1.89 bits per heavy atom. The largest absolute Gasteiger partial charge is 0.258 e. The minimum atomic E-state index is 0. The zero-order chi connectivity index (χ0) is 6.83. The Hall–Kier alpha value is -1.78. The van der Waals surface area contributed by atoms with Gasteiger partial charge in [-0.3, -0.25) is 6.08 Å². The average Bonchev–Trinajstić information content (AvgIpc) is 1.88. The molecular weight excluding hydrogens is 363 g/mol. The summed E-state index contributed by atoms with van der Waals surface area (Å²) in [6.45, 7) is 10.8. The van der Waals surface area contributed by atoms with Crippen LogP contribution in [0.4, 0.5) is 0 Å². The fraction of sp³-hybridized carbons (Fsp3) is 0.250. The van der Waals surface area contributed by atoms with Gasteiger partial charge >= 0.3 is 0 Å². The van der Waals surface area contributed by atoms with Gasteiger partial charge in [-0.1, -0.05) is 13.8 Å². The molecule has 0 nitrogen and oxygen atoms in total. The van der Waals surface area contributed by atoms with E-state index in [-0.39, 0.29) is 0 Å². The first kappa shape index (κ1) is 15.7. The molecule has 0 amide bonds. The summed E-state index contributed by atoms with van der Waals surface area (Å²) in [7, 11) is 0. The van der Waals surface area contributed by atoms with E-state index >= 15 is 0 Å². The Labute approximate surface area is 52.2 Å². The first-order valence-corrected chi connectivity index (χ1v) is 2.72. The second kappa shape index (κ2) is 34.4. The Balaban J connectivity index is -0.000000109. The summed E-state index contributed by atoms with van der Waals surface area (Å²) >= 11 is 0. The summed E-state index contributed by atoms with van der Waals surface area (Å²) < 4.78 is 0. The van der Waals surface area contributed by atoms with E-state index in [1.807, 2.05) is 13.8 Å². The van der Waals surface area contributed by atoms with Gasteiger partial charge in [0.15, 0.2) is 0 Å². The summed E-state index contributed by atoms with van der Waals surface area (Å²) in [5.74, 6) is 0. The molecule has 0 aliphatic heterocycles. The molecule has 9 heavy (non-hydrogen) atoms. The molecule has 0 atom stereocenters. The van der Waals surface area contributed by atoms with Crippen molar-refractivity contribution in [1.29, 1.82) is 0 Å². The Kier molecular flexibility index (Phi) is 59.9. The van der Waals surface area contributed by atoms with Crippen LogP contribution in [0, 0.1) is 6.08 Å². The minimum absolute atomic E-state index is 0. The summed E-state index contributed by atoms with van der Waals surface area (Å²) in [5, 5.41) is 0. The zero-order valence-corrected chi connectivity index (χ0v) is 12.8. The summed E-state index contributed by atoms with van der Waals surface area (Å²) in [5.41, 5.74) is 0. The van der Waals surface area contributed by atoms with Crippen molar-refractivity contribution in [2.45, 2.75) is 13.8 Å². The van der Waals surface area contributed by atoms with Crippen molar-refractivity contribution in [2.75, 3.05) is 0 Å². The Morgan fingerprint density at radius 2 is 1.78 bits per heavy atom. The van der Waals surface area contributed by atoms with Crippen LogP contribution in [0.2, 0.25) is 0 Å². The van der Waals surface area contributed by atoms with Crippen molar-refractivity contribution in [3.05, 3.63) is 37.5 Å². The molecule has 0 aromatic carbocycles. The second-order valence-electron chi connectivity index (χ2n) is 0.799. The fourth-order valence-electron chi connectivity index (χ4n) is 0.136. The minimum Gasteiger partial charge on any atom is -0.258 e. The molecule has 0 radical (unpaired) electrons. The van der Waals surface area contributed by atoms with Crippen LogP contribution in [0.15, 0.2) is 31.4 Å². The van der Waals surface area contributed by atoms with Gasteiger partial charge in [0.2, 0.25) is 0 Å². The molecule has 0 bridgehead atoms. The Bertz CT molecular complexity index is 62.6. The van der Waals surface area contributed by atoms with E-state index in [1.54, 1.807) is 18.2 Å². The fourth-order valence-corrected chi connectivity index (χ4v) is 0.136. The maximum atomic E-state index is 3.44. The normalized spacial score (nSPS) is 6.44. The third-order valence-corrected chi connectivity index (χ3v) is 0.350. The van der Waals surface area contributed by atoms with Crippen LogP contribution in [-0.4, -0.2) is 0 Å². The third-order valence-electron chi connectivity index (χ3n) is 0.350. The molecule has 1 heteroatoms. The van der Waals surface area contributed by atoms with Gasteiger partial charge in [-0.15, -0.1) is 6.58 Å². The molecule has 0 N–H and O–H groups in total. The van der Waals surface area contributed by atoms with E-state index in [0.717, 1.165) is 0 Å². The molecular formula is C8H13Rf-. The van der Waals surface area contributed by atoms with Gasteiger partial charge in [0, 0.05) is 0 Å². The van der Waals surface area contributed by atoms with Crippen LogP contribution >= 0.6 is 0 Å². The van der Waals surface area contributed by atoms with Gasteiger partial charge in [0.25, 0.3) is 0 Å². The van der Waals surface area contributed by atoms with Crippen LogP contribution in [0.25, 0.3) is 0 Å². The van der Waals surface area contributed by atoms with Crippen molar-refractivity contribution in [3.8, 4) is 0 Å². The molecule has 0 aliphatic rings. The third kappa shape index (κ3) is 74.4. The molecule has 48 valence electrons. The van der Waals surface area contributed by atoms with Crippen molar-refractivity contribution in [2.24, 2.45) is 0 Å². The molecule has 0 aliphatic carbocycles. The number of allylic oxidation sites excluding steroid dienone is 4. The van der Waals surface area contributed by atoms with Gasteiger partial charge in [-0.05, 0) is 0 Å². The van der Waals surface area contributed by atoms with E-state index in [9.17, 15) is 0 Å². The molecule has 0 saturated heterocycles. The SMILES string of the molecule is C=[C-]/C=C\C=C.CC.[Rf]. The standard InChI is InChI=1S/C6H7.C2H6.Rf/c1-3-5-6-4-2;1-2;/h3,5-6H,1-2H2;1-2H3;/q-1;;/b6-5-;;. The van der Waals surface area contributed by atoms with Gasteiger partial charge in [-0.25, -0.2) is 12.2 Å². The van der Waals surface area contributed by atoms with Gasteiger partial charge in [0.05, 0.1) is 0 Å². The van der Waals surface area contributed by atoms with E-state index in [2.05, 4.69) is 19.2 Å². The summed E-state index contributed by atoms with van der Waals surface area (Å²) in [6.07, 6.45) is 7.72. The maximum absolute atomic E-state index is 3.44. The molecule has 0 spiro atoms. The molecule has 0 unspecified atom stereocenters. The summed E-state index contributed by atoms with van der Waals surface area (Å²) in [6, 6.07) is 0. The molecule has 0 aromatic heterocycles. The predicted molar refractivity (Wildman–Crippen MR) is 39.6 cm³/mol. The average molecular weight is 376 g/mol.